The number of ether oxygens (including phenoxy) is 2. The van der Waals surface area contributed by atoms with Crippen molar-refractivity contribution in [1.29, 1.82) is 0 Å². The Balaban J connectivity index is 2.12. The van der Waals surface area contributed by atoms with Crippen LogP contribution >= 0.6 is 0 Å². The summed E-state index contributed by atoms with van der Waals surface area (Å²) in [6.07, 6.45) is 2.25. The van der Waals surface area contributed by atoms with Crippen molar-refractivity contribution in [2.45, 2.75) is 66.5 Å². The van der Waals surface area contributed by atoms with E-state index >= 15 is 0 Å². The number of aliphatic imine (C=N–C) groups is 2. The van der Waals surface area contributed by atoms with E-state index in [0.717, 1.165) is 24.6 Å². The predicted octanol–water partition coefficient (Wildman–Crippen LogP) is 3.70. The molecule has 0 spiro atoms. The summed E-state index contributed by atoms with van der Waals surface area (Å²) in [5.41, 5.74) is -0.357. The molecule has 120 valence electrons. The Morgan fingerprint density at radius 2 is 1.33 bits per heavy atom. The lowest BCUT2D eigenvalue weighted by atomic mass is 9.92. The molecule has 0 aromatic rings. The van der Waals surface area contributed by atoms with Crippen LogP contribution in [0.1, 0.15) is 54.4 Å². The lowest BCUT2D eigenvalue weighted by Gasteiger charge is -2.22. The second-order valence-corrected chi connectivity index (χ2v) is 7.02. The molecule has 0 bridgehead atoms. The third kappa shape index (κ3) is 3.24. The zero-order valence-corrected chi connectivity index (χ0v) is 14.3. The Bertz CT molecular complexity index is 391. The van der Waals surface area contributed by atoms with Gasteiger partial charge in [0, 0.05) is 0 Å². The van der Waals surface area contributed by atoms with Crippen LogP contribution < -0.4 is 0 Å². The molecule has 0 aromatic carbocycles. The van der Waals surface area contributed by atoms with Crippen molar-refractivity contribution < 1.29 is 9.47 Å². The highest BCUT2D eigenvalue weighted by molar-refractivity contribution is 6.05. The van der Waals surface area contributed by atoms with Gasteiger partial charge in [-0.15, -0.1) is 0 Å². The maximum Gasteiger partial charge on any atom is 0.199 e. The van der Waals surface area contributed by atoms with Gasteiger partial charge in [-0.2, -0.15) is 0 Å². The Kier molecular flexibility index (Phi) is 4.95. The third-order valence-electron chi connectivity index (χ3n) is 5.02. The van der Waals surface area contributed by atoms with Gasteiger partial charge in [0.05, 0.1) is 12.1 Å². The molecule has 0 saturated heterocycles. The average molecular weight is 294 g/mol. The van der Waals surface area contributed by atoms with E-state index in [1.807, 2.05) is 0 Å². The molecule has 0 unspecified atom stereocenters. The van der Waals surface area contributed by atoms with Crippen LogP contribution in [0.15, 0.2) is 9.98 Å². The SMILES string of the molecule is CC[C@H](C)[C@H]1COC(C(C)(C)C2=N[C@@H]([C@@H](C)CC)CO2)=N1. The van der Waals surface area contributed by atoms with E-state index in [9.17, 15) is 0 Å². The van der Waals surface area contributed by atoms with E-state index in [0.29, 0.717) is 25.0 Å². The van der Waals surface area contributed by atoms with Crippen LogP contribution in [0.4, 0.5) is 0 Å². The fraction of sp³-hybridized carbons (Fsp3) is 0.882. The summed E-state index contributed by atoms with van der Waals surface area (Å²) < 4.78 is 11.8. The molecular formula is C17H30N2O2. The number of hydrogen-bond acceptors (Lipinski definition) is 4. The van der Waals surface area contributed by atoms with Crippen LogP contribution in [0, 0.1) is 17.3 Å². The van der Waals surface area contributed by atoms with Gasteiger partial charge in [-0.3, -0.25) is 0 Å². The molecule has 0 aromatic heterocycles. The number of nitrogens with zero attached hydrogens (tertiary/aromatic N) is 2. The highest BCUT2D eigenvalue weighted by atomic mass is 16.5. The largest absolute Gasteiger partial charge is 0.478 e. The minimum Gasteiger partial charge on any atom is -0.478 e. The first-order valence-corrected chi connectivity index (χ1v) is 8.32. The monoisotopic (exact) mass is 294 g/mol. The fourth-order valence-corrected chi connectivity index (χ4v) is 2.68. The van der Waals surface area contributed by atoms with Crippen molar-refractivity contribution >= 4 is 11.8 Å². The van der Waals surface area contributed by atoms with E-state index < -0.39 is 0 Å². The smallest absolute Gasteiger partial charge is 0.199 e. The highest BCUT2D eigenvalue weighted by Gasteiger charge is 2.42. The van der Waals surface area contributed by atoms with Gasteiger partial charge in [0.15, 0.2) is 11.8 Å². The van der Waals surface area contributed by atoms with Crippen LogP contribution in [0.2, 0.25) is 0 Å². The molecule has 0 radical (unpaired) electrons. The van der Waals surface area contributed by atoms with Crippen molar-refractivity contribution in [2.75, 3.05) is 13.2 Å². The zero-order chi connectivity index (χ0) is 15.6. The van der Waals surface area contributed by atoms with Crippen LogP contribution in [0.5, 0.6) is 0 Å². The average Bonchev–Trinajstić information content (AvgIpc) is 3.14. The Morgan fingerprint density at radius 1 is 0.952 bits per heavy atom. The molecule has 2 aliphatic rings. The first kappa shape index (κ1) is 16.3. The predicted molar refractivity (Wildman–Crippen MR) is 87.0 cm³/mol. The quantitative estimate of drug-likeness (QED) is 0.749. The first-order chi connectivity index (χ1) is 9.90. The normalized spacial score (nSPS) is 28.5. The van der Waals surface area contributed by atoms with Crippen LogP contribution in [-0.4, -0.2) is 37.1 Å². The summed E-state index contributed by atoms with van der Waals surface area (Å²) in [4.78, 5) is 9.60. The van der Waals surface area contributed by atoms with Gasteiger partial charge >= 0.3 is 0 Å². The van der Waals surface area contributed by atoms with Crippen molar-refractivity contribution in [1.82, 2.24) is 0 Å². The van der Waals surface area contributed by atoms with Gasteiger partial charge < -0.3 is 9.47 Å². The molecule has 2 aliphatic heterocycles. The third-order valence-corrected chi connectivity index (χ3v) is 5.02. The van der Waals surface area contributed by atoms with Gasteiger partial charge in [0.25, 0.3) is 0 Å². The molecule has 2 heterocycles. The van der Waals surface area contributed by atoms with E-state index in [4.69, 9.17) is 19.5 Å². The standard InChI is InChI=1S/C17H30N2O2/c1-7-11(3)13-9-20-15(18-13)17(5,6)16-19-14(10-21-16)12(4)8-2/h11-14H,7-10H2,1-6H3/t11-,12-,13+,14+/m0/s1. The number of rotatable bonds is 6. The summed E-state index contributed by atoms with van der Waals surface area (Å²) in [5.74, 6) is 2.68. The van der Waals surface area contributed by atoms with Crippen molar-refractivity contribution in [3.8, 4) is 0 Å². The Morgan fingerprint density at radius 3 is 1.67 bits per heavy atom. The van der Waals surface area contributed by atoms with E-state index in [-0.39, 0.29) is 17.5 Å². The minimum absolute atomic E-state index is 0.275. The molecular weight excluding hydrogens is 264 g/mol. The number of hydrogen-bond donors (Lipinski definition) is 0. The van der Waals surface area contributed by atoms with Gasteiger partial charge in [0.2, 0.25) is 0 Å². The Hall–Kier alpha value is -1.06. The summed E-state index contributed by atoms with van der Waals surface area (Å²) in [6, 6.07) is 0.549. The van der Waals surface area contributed by atoms with Crippen molar-refractivity contribution in [3.63, 3.8) is 0 Å². The maximum absolute atomic E-state index is 5.88. The lowest BCUT2D eigenvalue weighted by Crippen LogP contribution is -2.34. The van der Waals surface area contributed by atoms with Crippen molar-refractivity contribution in [2.24, 2.45) is 27.2 Å². The second kappa shape index (κ2) is 6.37. The highest BCUT2D eigenvalue weighted by Crippen LogP contribution is 2.32. The first-order valence-electron chi connectivity index (χ1n) is 8.32. The van der Waals surface area contributed by atoms with Gasteiger partial charge in [-0.1, -0.05) is 40.5 Å². The van der Waals surface area contributed by atoms with E-state index in [1.54, 1.807) is 0 Å². The van der Waals surface area contributed by atoms with Crippen molar-refractivity contribution in [3.05, 3.63) is 0 Å². The van der Waals surface area contributed by atoms with E-state index in [2.05, 4.69) is 41.5 Å². The zero-order valence-electron chi connectivity index (χ0n) is 14.3. The lowest BCUT2D eigenvalue weighted by molar-refractivity contribution is 0.244. The summed E-state index contributed by atoms with van der Waals surface area (Å²) in [7, 11) is 0. The molecule has 0 aliphatic carbocycles. The molecule has 4 nitrogen and oxygen atoms in total. The Labute approximate surface area is 129 Å². The van der Waals surface area contributed by atoms with Crippen LogP contribution in [-0.2, 0) is 9.47 Å². The topological polar surface area (TPSA) is 43.2 Å². The molecule has 0 fully saturated rings. The molecule has 0 amide bonds. The van der Waals surface area contributed by atoms with E-state index in [1.165, 1.54) is 0 Å². The summed E-state index contributed by atoms with van der Waals surface area (Å²) >= 11 is 0. The van der Waals surface area contributed by atoms with Crippen LogP contribution in [0.3, 0.4) is 0 Å². The molecule has 2 rings (SSSR count). The van der Waals surface area contributed by atoms with Gasteiger partial charge in [-0.05, 0) is 25.7 Å². The minimum atomic E-state index is -0.357. The van der Waals surface area contributed by atoms with Gasteiger partial charge in [-0.25, -0.2) is 9.98 Å². The second-order valence-electron chi connectivity index (χ2n) is 7.02. The maximum atomic E-state index is 5.88. The van der Waals surface area contributed by atoms with Crippen LogP contribution in [0.25, 0.3) is 0 Å². The summed E-state index contributed by atoms with van der Waals surface area (Å²) in [6.45, 7) is 14.4. The molecule has 21 heavy (non-hydrogen) atoms. The molecule has 4 atom stereocenters. The molecule has 0 saturated carbocycles. The summed E-state index contributed by atoms with van der Waals surface area (Å²) in [5, 5.41) is 0. The molecule has 0 N–H and O–H groups in total. The molecule has 4 heteroatoms. The van der Waals surface area contributed by atoms with Gasteiger partial charge in [0.1, 0.15) is 18.6 Å². The fourth-order valence-electron chi connectivity index (χ4n) is 2.68.